The van der Waals surface area contributed by atoms with Crippen molar-refractivity contribution in [3.05, 3.63) is 15.8 Å². The fraction of sp³-hybridized carbons (Fsp3) is 0.444. The van der Waals surface area contributed by atoms with Crippen LogP contribution in [0.5, 0.6) is 0 Å². The lowest BCUT2D eigenvalue weighted by Crippen LogP contribution is -2.40. The van der Waals surface area contributed by atoms with Gasteiger partial charge in [-0.3, -0.25) is 0 Å². The second-order valence-corrected chi connectivity index (χ2v) is 6.37. The summed E-state index contributed by atoms with van der Waals surface area (Å²) in [4.78, 5) is 9.77. The van der Waals surface area contributed by atoms with Gasteiger partial charge in [0.05, 0.1) is 0 Å². The molecule has 3 N–H and O–H groups in total. The van der Waals surface area contributed by atoms with Crippen LogP contribution in [0.2, 0.25) is 0 Å². The number of sulfonamides is 1. The number of carboxylic acid groups (broad SMARTS) is 1. The molecular weight excluding hydrogens is 323 g/mol. The minimum Gasteiger partial charge on any atom is -0.477 e. The molecule has 0 saturated carbocycles. The van der Waals surface area contributed by atoms with Crippen LogP contribution in [0.4, 0.5) is 13.2 Å². The molecule has 6 nitrogen and oxygen atoms in total. The SMILES string of the molecule is Cc1csc(C(=O)O)c1S(=O)(=O)NCC(O)C(F)(F)F. The van der Waals surface area contributed by atoms with Gasteiger partial charge in [0, 0.05) is 6.54 Å². The maximum Gasteiger partial charge on any atom is 0.415 e. The lowest BCUT2D eigenvalue weighted by Gasteiger charge is -2.15. The highest BCUT2D eigenvalue weighted by molar-refractivity contribution is 7.89. The third-order valence-electron chi connectivity index (χ3n) is 2.23. The molecule has 0 radical (unpaired) electrons. The monoisotopic (exact) mass is 333 g/mol. The Hall–Kier alpha value is -1.17. The van der Waals surface area contributed by atoms with Crippen LogP contribution >= 0.6 is 11.3 Å². The molecule has 0 saturated heterocycles. The zero-order valence-electron chi connectivity index (χ0n) is 9.93. The van der Waals surface area contributed by atoms with E-state index in [1.165, 1.54) is 12.3 Å². The first-order valence-electron chi connectivity index (χ1n) is 5.02. The molecule has 0 aliphatic rings. The average molecular weight is 333 g/mol. The van der Waals surface area contributed by atoms with E-state index in [4.69, 9.17) is 10.2 Å². The summed E-state index contributed by atoms with van der Waals surface area (Å²) in [5.41, 5.74) is 0.0985. The molecule has 20 heavy (non-hydrogen) atoms. The van der Waals surface area contributed by atoms with Gasteiger partial charge in [0.15, 0.2) is 6.10 Å². The molecule has 0 amide bonds. The normalized spacial score (nSPS) is 14.2. The van der Waals surface area contributed by atoms with Gasteiger partial charge in [-0.2, -0.15) is 13.2 Å². The largest absolute Gasteiger partial charge is 0.477 e. The highest BCUT2D eigenvalue weighted by Gasteiger charge is 2.39. The van der Waals surface area contributed by atoms with Crippen LogP contribution in [0.15, 0.2) is 10.3 Å². The average Bonchev–Trinajstić information content (AvgIpc) is 2.67. The van der Waals surface area contributed by atoms with Gasteiger partial charge in [0.1, 0.15) is 9.77 Å². The number of aliphatic hydroxyl groups excluding tert-OH is 1. The molecule has 1 rings (SSSR count). The molecule has 0 bridgehead atoms. The van der Waals surface area contributed by atoms with Gasteiger partial charge in [0.25, 0.3) is 0 Å². The van der Waals surface area contributed by atoms with E-state index in [9.17, 15) is 26.4 Å². The Morgan fingerprint density at radius 1 is 1.50 bits per heavy atom. The fourth-order valence-corrected chi connectivity index (χ4v) is 3.96. The first-order chi connectivity index (χ1) is 8.97. The summed E-state index contributed by atoms with van der Waals surface area (Å²) in [6, 6.07) is 0. The van der Waals surface area contributed by atoms with Crippen molar-refractivity contribution in [3.63, 3.8) is 0 Å². The maximum atomic E-state index is 12.1. The third-order valence-corrected chi connectivity index (χ3v) is 5.05. The number of hydrogen-bond acceptors (Lipinski definition) is 5. The molecule has 114 valence electrons. The lowest BCUT2D eigenvalue weighted by atomic mass is 10.3. The Bertz CT molecular complexity index is 608. The third kappa shape index (κ3) is 3.69. The van der Waals surface area contributed by atoms with Crippen LogP contribution < -0.4 is 4.72 Å². The number of alkyl halides is 3. The number of hydrogen-bond donors (Lipinski definition) is 3. The van der Waals surface area contributed by atoms with Gasteiger partial charge in [-0.05, 0) is 17.9 Å². The van der Waals surface area contributed by atoms with E-state index in [1.807, 2.05) is 0 Å². The Morgan fingerprint density at radius 2 is 2.05 bits per heavy atom. The van der Waals surface area contributed by atoms with Crippen molar-refractivity contribution < 1.29 is 36.6 Å². The summed E-state index contributed by atoms with van der Waals surface area (Å²) in [6.07, 6.45) is -7.84. The number of carbonyl (C=O) groups is 1. The van der Waals surface area contributed by atoms with Crippen LogP contribution in [-0.2, 0) is 10.0 Å². The van der Waals surface area contributed by atoms with Gasteiger partial charge in [-0.1, -0.05) is 0 Å². The van der Waals surface area contributed by atoms with E-state index in [0.717, 1.165) is 0 Å². The minimum absolute atomic E-state index is 0.0985. The smallest absolute Gasteiger partial charge is 0.415 e. The van der Waals surface area contributed by atoms with Crippen LogP contribution in [0.25, 0.3) is 0 Å². The van der Waals surface area contributed by atoms with Gasteiger partial charge in [-0.25, -0.2) is 17.9 Å². The van der Waals surface area contributed by atoms with Crippen molar-refractivity contribution in [3.8, 4) is 0 Å². The first kappa shape index (κ1) is 16.9. The first-order valence-corrected chi connectivity index (χ1v) is 7.39. The molecule has 0 aliphatic carbocycles. The van der Waals surface area contributed by atoms with Crippen molar-refractivity contribution in [1.82, 2.24) is 4.72 Å². The Morgan fingerprint density at radius 3 is 2.50 bits per heavy atom. The van der Waals surface area contributed by atoms with E-state index in [0.29, 0.717) is 11.3 Å². The number of carboxylic acids is 1. The van der Waals surface area contributed by atoms with Crippen molar-refractivity contribution >= 4 is 27.3 Å². The Labute approximate surface area is 115 Å². The number of thiophene rings is 1. The van der Waals surface area contributed by atoms with Crippen molar-refractivity contribution in [2.75, 3.05) is 6.54 Å². The topological polar surface area (TPSA) is 104 Å². The summed E-state index contributed by atoms with van der Waals surface area (Å²) in [5.74, 6) is -1.50. The zero-order chi connectivity index (χ0) is 15.7. The Kier molecular flexibility index (Phi) is 4.79. The van der Waals surface area contributed by atoms with Crippen LogP contribution in [0.1, 0.15) is 15.2 Å². The number of nitrogens with one attached hydrogen (secondary N) is 1. The number of aromatic carboxylic acids is 1. The van der Waals surface area contributed by atoms with Gasteiger partial charge >= 0.3 is 12.1 Å². The molecule has 0 fully saturated rings. The highest BCUT2D eigenvalue weighted by atomic mass is 32.2. The second kappa shape index (κ2) is 5.68. The molecule has 11 heteroatoms. The predicted molar refractivity (Wildman–Crippen MR) is 63.3 cm³/mol. The molecule has 1 aromatic heterocycles. The van der Waals surface area contributed by atoms with E-state index in [2.05, 4.69) is 0 Å². The van der Waals surface area contributed by atoms with E-state index in [-0.39, 0.29) is 5.56 Å². The minimum atomic E-state index is -4.97. The summed E-state index contributed by atoms with van der Waals surface area (Å²) in [5, 5.41) is 18.8. The number of aryl methyl sites for hydroxylation is 1. The molecule has 0 spiro atoms. The molecule has 0 aliphatic heterocycles. The van der Waals surface area contributed by atoms with Crippen molar-refractivity contribution in [1.29, 1.82) is 0 Å². The highest BCUT2D eigenvalue weighted by Crippen LogP contribution is 2.27. The number of aliphatic hydroxyl groups is 1. The molecule has 0 aromatic carbocycles. The number of halogens is 3. The maximum absolute atomic E-state index is 12.1. The molecule has 1 heterocycles. The van der Waals surface area contributed by atoms with Gasteiger partial charge < -0.3 is 10.2 Å². The summed E-state index contributed by atoms with van der Waals surface area (Å²) in [6.45, 7) is 0.0257. The van der Waals surface area contributed by atoms with Gasteiger partial charge in [0.2, 0.25) is 10.0 Å². The fourth-order valence-electron chi connectivity index (χ4n) is 1.29. The van der Waals surface area contributed by atoms with E-state index >= 15 is 0 Å². The Balaban J connectivity index is 3.02. The van der Waals surface area contributed by atoms with E-state index < -0.39 is 44.6 Å². The molecule has 1 unspecified atom stereocenters. The predicted octanol–water partition coefficient (Wildman–Crippen LogP) is 0.956. The van der Waals surface area contributed by atoms with Gasteiger partial charge in [-0.15, -0.1) is 11.3 Å². The lowest BCUT2D eigenvalue weighted by molar-refractivity contribution is -0.200. The summed E-state index contributed by atoms with van der Waals surface area (Å²) < 4.78 is 61.4. The van der Waals surface area contributed by atoms with Crippen LogP contribution in [-0.4, -0.2) is 43.4 Å². The summed E-state index contributed by atoms with van der Waals surface area (Å²) >= 11 is 0.648. The van der Waals surface area contributed by atoms with E-state index in [1.54, 1.807) is 4.72 Å². The van der Waals surface area contributed by atoms with Crippen molar-refractivity contribution in [2.24, 2.45) is 0 Å². The second-order valence-electron chi connectivity index (χ2n) is 3.79. The molecule has 1 aromatic rings. The summed E-state index contributed by atoms with van der Waals surface area (Å²) in [7, 11) is -4.46. The van der Waals surface area contributed by atoms with Crippen LogP contribution in [0, 0.1) is 6.92 Å². The van der Waals surface area contributed by atoms with Crippen molar-refractivity contribution in [2.45, 2.75) is 24.1 Å². The molecular formula is C9H10F3NO5S2. The standard InChI is InChI=1S/C9H10F3NO5S2/c1-4-3-19-6(8(15)16)7(4)20(17,18)13-2-5(14)9(10,11)12/h3,5,13-14H,2H2,1H3,(H,15,16). The zero-order valence-corrected chi connectivity index (χ0v) is 11.6. The molecule has 1 atom stereocenters. The van der Waals surface area contributed by atoms with Crippen LogP contribution in [0.3, 0.4) is 0 Å². The number of rotatable bonds is 5. The quantitative estimate of drug-likeness (QED) is 0.744.